The molecule has 0 aliphatic carbocycles. The summed E-state index contributed by atoms with van der Waals surface area (Å²) in [5.41, 5.74) is 2.58. The Kier molecular flexibility index (Phi) is 5.21. The summed E-state index contributed by atoms with van der Waals surface area (Å²) in [5, 5.41) is 0. The fourth-order valence-corrected chi connectivity index (χ4v) is 3.21. The van der Waals surface area contributed by atoms with E-state index in [4.69, 9.17) is 4.74 Å². The molecule has 1 heterocycles. The van der Waals surface area contributed by atoms with E-state index in [2.05, 4.69) is 0 Å². The molecule has 0 radical (unpaired) electrons. The highest BCUT2D eigenvalue weighted by molar-refractivity contribution is 6.43. The Balaban J connectivity index is 2.31. The van der Waals surface area contributed by atoms with Crippen LogP contribution in [0.2, 0.25) is 0 Å². The molecule has 2 aromatic carbocycles. The highest BCUT2D eigenvalue weighted by Crippen LogP contribution is 2.42. The van der Waals surface area contributed by atoms with Crippen LogP contribution in [0.3, 0.4) is 0 Å². The molecule has 2 amide bonds. The number of carbonyl (C=O) groups is 3. The van der Waals surface area contributed by atoms with Crippen molar-refractivity contribution in [2.75, 3.05) is 11.5 Å². The zero-order chi connectivity index (χ0) is 19.6. The van der Waals surface area contributed by atoms with Crippen molar-refractivity contribution < 1.29 is 19.1 Å². The van der Waals surface area contributed by atoms with Gasteiger partial charge in [0.15, 0.2) is 5.78 Å². The first-order valence-electron chi connectivity index (χ1n) is 8.94. The Hall–Kier alpha value is -3.21. The van der Waals surface area contributed by atoms with E-state index in [9.17, 15) is 14.4 Å². The summed E-state index contributed by atoms with van der Waals surface area (Å²) in [4.78, 5) is 38.6. The number of anilines is 1. The Morgan fingerprint density at radius 2 is 1.70 bits per heavy atom. The lowest BCUT2D eigenvalue weighted by Gasteiger charge is -2.13. The van der Waals surface area contributed by atoms with Crippen LogP contribution >= 0.6 is 0 Å². The average molecular weight is 363 g/mol. The SMILES string of the molecule is CCOC(=C1C(=O)N(C(C)=O)c2ccc(C(=O)CC)cc21)c1ccccc1. The predicted molar refractivity (Wildman–Crippen MR) is 104 cm³/mol. The fraction of sp³-hybridized carbons (Fsp3) is 0.227. The Morgan fingerprint density at radius 1 is 1.00 bits per heavy atom. The summed E-state index contributed by atoms with van der Waals surface area (Å²) < 4.78 is 5.83. The van der Waals surface area contributed by atoms with Crippen molar-refractivity contribution in [3.05, 3.63) is 65.2 Å². The first-order valence-corrected chi connectivity index (χ1v) is 8.94. The van der Waals surface area contributed by atoms with Gasteiger partial charge in [-0.15, -0.1) is 0 Å². The van der Waals surface area contributed by atoms with E-state index in [1.165, 1.54) is 6.92 Å². The summed E-state index contributed by atoms with van der Waals surface area (Å²) in [7, 11) is 0. The molecule has 0 atom stereocenters. The van der Waals surface area contributed by atoms with E-state index < -0.39 is 5.91 Å². The third-order valence-electron chi connectivity index (χ3n) is 4.43. The van der Waals surface area contributed by atoms with Crippen molar-refractivity contribution in [3.63, 3.8) is 0 Å². The third-order valence-corrected chi connectivity index (χ3v) is 4.43. The Morgan fingerprint density at radius 3 is 2.30 bits per heavy atom. The molecule has 27 heavy (non-hydrogen) atoms. The van der Waals surface area contributed by atoms with Gasteiger partial charge in [0, 0.05) is 30.0 Å². The summed E-state index contributed by atoms with van der Waals surface area (Å²) in [6, 6.07) is 14.3. The van der Waals surface area contributed by atoms with Gasteiger partial charge in [-0.1, -0.05) is 37.3 Å². The third kappa shape index (κ3) is 3.28. The van der Waals surface area contributed by atoms with Gasteiger partial charge < -0.3 is 4.74 Å². The van der Waals surface area contributed by atoms with E-state index >= 15 is 0 Å². The molecule has 1 aliphatic rings. The normalized spacial score (nSPS) is 14.8. The molecule has 3 rings (SSSR count). The van der Waals surface area contributed by atoms with Crippen molar-refractivity contribution in [1.29, 1.82) is 0 Å². The second-order valence-corrected chi connectivity index (χ2v) is 6.17. The van der Waals surface area contributed by atoms with Gasteiger partial charge in [-0.25, -0.2) is 4.90 Å². The molecule has 0 bridgehead atoms. The highest BCUT2D eigenvalue weighted by atomic mass is 16.5. The number of hydrogen-bond donors (Lipinski definition) is 0. The molecular weight excluding hydrogens is 342 g/mol. The first-order chi connectivity index (χ1) is 13.0. The predicted octanol–water partition coefficient (Wildman–Crippen LogP) is 4.08. The maximum Gasteiger partial charge on any atom is 0.269 e. The number of fused-ring (bicyclic) bond motifs is 1. The monoisotopic (exact) mass is 363 g/mol. The van der Waals surface area contributed by atoms with E-state index in [-0.39, 0.29) is 11.7 Å². The number of Topliss-reactive ketones (excluding diaryl/α,β-unsaturated/α-hetero) is 1. The summed E-state index contributed by atoms with van der Waals surface area (Å²) in [5.74, 6) is -0.432. The van der Waals surface area contributed by atoms with Crippen LogP contribution in [0.15, 0.2) is 48.5 Å². The summed E-state index contributed by atoms with van der Waals surface area (Å²) >= 11 is 0. The number of amides is 2. The molecule has 5 nitrogen and oxygen atoms in total. The zero-order valence-corrected chi connectivity index (χ0v) is 15.6. The molecule has 5 heteroatoms. The number of benzene rings is 2. The van der Waals surface area contributed by atoms with Crippen LogP contribution in [-0.2, 0) is 14.3 Å². The minimum Gasteiger partial charge on any atom is -0.492 e. The largest absolute Gasteiger partial charge is 0.492 e. The molecular formula is C22H21NO4. The Labute approximate surface area is 158 Å². The topological polar surface area (TPSA) is 63.7 Å². The van der Waals surface area contributed by atoms with Crippen LogP contribution in [0.4, 0.5) is 5.69 Å². The minimum absolute atomic E-state index is 0.0245. The highest BCUT2D eigenvalue weighted by Gasteiger charge is 2.38. The lowest BCUT2D eigenvalue weighted by atomic mass is 9.98. The molecule has 1 aliphatic heterocycles. The summed E-state index contributed by atoms with van der Waals surface area (Å²) in [6.07, 6.45) is 0.360. The maximum absolute atomic E-state index is 13.1. The molecule has 138 valence electrons. The standard InChI is InChI=1S/C22H21NO4/c1-4-19(25)16-11-12-18-17(13-16)20(22(26)23(18)14(3)24)21(27-5-2)15-9-7-6-8-10-15/h6-13H,4-5H2,1-3H3. The average Bonchev–Trinajstić information content (AvgIpc) is 2.97. The van der Waals surface area contributed by atoms with Gasteiger partial charge in [0.05, 0.1) is 17.9 Å². The molecule has 0 saturated carbocycles. The van der Waals surface area contributed by atoms with Gasteiger partial charge in [-0.05, 0) is 25.1 Å². The van der Waals surface area contributed by atoms with E-state index in [1.807, 2.05) is 37.3 Å². The van der Waals surface area contributed by atoms with Gasteiger partial charge in [-0.2, -0.15) is 0 Å². The quantitative estimate of drug-likeness (QED) is 0.456. The number of ketones is 1. The van der Waals surface area contributed by atoms with Crippen LogP contribution in [0.25, 0.3) is 11.3 Å². The molecule has 2 aromatic rings. The number of ether oxygens (including phenoxy) is 1. The minimum atomic E-state index is -0.439. The van der Waals surface area contributed by atoms with Gasteiger partial charge in [0.1, 0.15) is 5.76 Å². The van der Waals surface area contributed by atoms with Crippen LogP contribution in [-0.4, -0.2) is 24.2 Å². The van der Waals surface area contributed by atoms with Crippen molar-refractivity contribution >= 4 is 34.6 Å². The van der Waals surface area contributed by atoms with Crippen molar-refractivity contribution in [1.82, 2.24) is 0 Å². The van der Waals surface area contributed by atoms with Crippen molar-refractivity contribution in [3.8, 4) is 0 Å². The first kappa shape index (κ1) is 18.6. The lowest BCUT2D eigenvalue weighted by Crippen LogP contribution is -2.31. The molecule has 0 fully saturated rings. The van der Waals surface area contributed by atoms with Crippen molar-refractivity contribution in [2.24, 2.45) is 0 Å². The maximum atomic E-state index is 13.1. The van der Waals surface area contributed by atoms with Crippen LogP contribution < -0.4 is 4.90 Å². The Bertz CT molecular complexity index is 944. The van der Waals surface area contributed by atoms with Crippen LogP contribution in [0.1, 0.15) is 48.7 Å². The van der Waals surface area contributed by atoms with Gasteiger partial charge in [0.25, 0.3) is 5.91 Å². The molecule has 0 N–H and O–H groups in total. The number of imide groups is 1. The second-order valence-electron chi connectivity index (χ2n) is 6.17. The zero-order valence-electron chi connectivity index (χ0n) is 15.6. The van der Waals surface area contributed by atoms with E-state index in [1.54, 1.807) is 25.1 Å². The number of rotatable bonds is 5. The molecule has 0 unspecified atom stereocenters. The lowest BCUT2D eigenvalue weighted by molar-refractivity contribution is -0.122. The molecule has 0 saturated heterocycles. The summed E-state index contributed by atoms with van der Waals surface area (Å²) in [6.45, 7) is 5.33. The number of hydrogen-bond acceptors (Lipinski definition) is 4. The van der Waals surface area contributed by atoms with Gasteiger partial charge >= 0.3 is 0 Å². The second kappa shape index (κ2) is 7.58. The van der Waals surface area contributed by atoms with E-state index in [0.717, 1.165) is 10.5 Å². The smallest absolute Gasteiger partial charge is 0.269 e. The fourth-order valence-electron chi connectivity index (χ4n) is 3.21. The number of carbonyl (C=O) groups excluding carboxylic acids is 3. The molecule has 0 aromatic heterocycles. The molecule has 0 spiro atoms. The van der Waals surface area contributed by atoms with Crippen LogP contribution in [0.5, 0.6) is 0 Å². The van der Waals surface area contributed by atoms with Gasteiger partial charge in [0.2, 0.25) is 5.91 Å². The van der Waals surface area contributed by atoms with E-state index in [0.29, 0.717) is 41.2 Å². The number of nitrogens with zero attached hydrogens (tertiary/aromatic N) is 1. The van der Waals surface area contributed by atoms with Gasteiger partial charge in [-0.3, -0.25) is 14.4 Å². The van der Waals surface area contributed by atoms with Crippen molar-refractivity contribution in [2.45, 2.75) is 27.2 Å². The van der Waals surface area contributed by atoms with Crippen LogP contribution in [0, 0.1) is 0 Å².